The Balaban J connectivity index is 1.85. The number of thioether (sulfide) groups is 1. The van der Waals surface area contributed by atoms with E-state index in [1.54, 1.807) is 18.3 Å². The van der Waals surface area contributed by atoms with Gasteiger partial charge in [-0.05, 0) is 24.0 Å². The first-order valence-corrected chi connectivity index (χ1v) is 8.81. The molecule has 0 saturated carbocycles. The Hall–Kier alpha value is -2.94. The minimum Gasteiger partial charge on any atom is -0.495 e. The van der Waals surface area contributed by atoms with Crippen LogP contribution in [-0.2, 0) is 5.54 Å². The molecule has 3 N–H and O–H groups in total. The number of hydrogen-bond acceptors (Lipinski definition) is 7. The molecule has 1 amide bonds. The maximum atomic E-state index is 14.0. The third-order valence-electron chi connectivity index (χ3n) is 3.98. The second kappa shape index (κ2) is 7.36. The van der Waals surface area contributed by atoms with Gasteiger partial charge in [0.15, 0.2) is 16.7 Å². The number of ether oxygens (including phenoxy) is 1. The highest BCUT2D eigenvalue weighted by molar-refractivity contribution is 8.17. The first-order valence-electron chi connectivity index (χ1n) is 7.99. The monoisotopic (exact) mass is 387 g/mol. The molecule has 0 spiro atoms. The first kappa shape index (κ1) is 18.8. The number of anilines is 1. The lowest BCUT2D eigenvalue weighted by molar-refractivity contribution is 0.101. The van der Waals surface area contributed by atoms with Gasteiger partial charge >= 0.3 is 0 Å². The number of carbonyl (C=O) groups is 1. The van der Waals surface area contributed by atoms with Crippen LogP contribution in [0.5, 0.6) is 5.75 Å². The summed E-state index contributed by atoms with van der Waals surface area (Å²) in [5, 5.41) is 3.04. The molecule has 2 aromatic heterocycles. The number of nitrogens with zero attached hydrogens (tertiary/aromatic N) is 3. The van der Waals surface area contributed by atoms with E-state index in [0.717, 1.165) is 11.0 Å². The normalized spacial score (nSPS) is 19.4. The maximum Gasteiger partial charge on any atom is 0.277 e. The van der Waals surface area contributed by atoms with Crippen molar-refractivity contribution in [1.29, 1.82) is 0 Å². The van der Waals surface area contributed by atoms with Gasteiger partial charge in [0.1, 0.15) is 11.3 Å². The summed E-state index contributed by atoms with van der Waals surface area (Å²) in [6, 6.07) is 4.38. The number of hydrogen-bond donors (Lipinski definition) is 2. The summed E-state index contributed by atoms with van der Waals surface area (Å²) in [6.45, 7) is 5.86. The Labute approximate surface area is 160 Å². The van der Waals surface area contributed by atoms with E-state index in [-0.39, 0.29) is 11.4 Å². The highest BCUT2D eigenvalue weighted by Gasteiger charge is 2.33. The van der Waals surface area contributed by atoms with Crippen molar-refractivity contribution in [2.75, 3.05) is 12.4 Å². The number of nitrogens with one attached hydrogen (secondary N) is 1. The fourth-order valence-electron chi connectivity index (χ4n) is 2.71. The van der Waals surface area contributed by atoms with Gasteiger partial charge in [0.05, 0.1) is 19.0 Å². The molecule has 1 aliphatic rings. The summed E-state index contributed by atoms with van der Waals surface area (Å²) >= 11 is 1.33. The molecule has 9 heteroatoms. The van der Waals surface area contributed by atoms with E-state index in [1.165, 1.54) is 25.1 Å². The molecule has 3 heterocycles. The molecule has 1 aliphatic heterocycles. The average molecular weight is 387 g/mol. The molecule has 0 radical (unpaired) electrons. The highest BCUT2D eigenvalue weighted by Crippen LogP contribution is 2.39. The summed E-state index contributed by atoms with van der Waals surface area (Å²) in [7, 11) is 1.39. The van der Waals surface area contributed by atoms with Gasteiger partial charge in [-0.25, -0.2) is 14.4 Å². The Kier molecular flexibility index (Phi) is 5.13. The number of amides is 1. The van der Waals surface area contributed by atoms with Crippen LogP contribution in [0, 0.1) is 5.82 Å². The van der Waals surface area contributed by atoms with Crippen molar-refractivity contribution < 1.29 is 13.9 Å². The molecule has 7 nitrogen and oxygen atoms in total. The fourth-order valence-corrected chi connectivity index (χ4v) is 3.61. The largest absolute Gasteiger partial charge is 0.495 e. The number of rotatable bonds is 4. The summed E-state index contributed by atoms with van der Waals surface area (Å²) in [6.07, 6.45) is 3.39. The van der Waals surface area contributed by atoms with Gasteiger partial charge in [-0.3, -0.25) is 9.78 Å². The zero-order chi connectivity index (χ0) is 19.6. The topological polar surface area (TPSA) is 102 Å². The predicted molar refractivity (Wildman–Crippen MR) is 103 cm³/mol. The lowest BCUT2D eigenvalue weighted by atomic mass is 9.93. The second-order valence-electron chi connectivity index (χ2n) is 6.13. The van der Waals surface area contributed by atoms with Crippen molar-refractivity contribution in [3.05, 3.63) is 59.3 Å². The molecular formula is C18H18FN5O2S. The van der Waals surface area contributed by atoms with Gasteiger partial charge in [-0.15, -0.1) is 0 Å². The third kappa shape index (κ3) is 4.08. The van der Waals surface area contributed by atoms with E-state index < -0.39 is 17.3 Å². The van der Waals surface area contributed by atoms with E-state index in [2.05, 4.69) is 26.9 Å². The summed E-state index contributed by atoms with van der Waals surface area (Å²) in [4.78, 5) is 25.9. The van der Waals surface area contributed by atoms with Crippen LogP contribution in [0.3, 0.4) is 0 Å². The van der Waals surface area contributed by atoms with Gasteiger partial charge in [-0.1, -0.05) is 18.3 Å². The van der Waals surface area contributed by atoms with Gasteiger partial charge < -0.3 is 15.8 Å². The zero-order valence-corrected chi connectivity index (χ0v) is 15.6. The van der Waals surface area contributed by atoms with Crippen LogP contribution >= 0.6 is 11.8 Å². The second-order valence-corrected chi connectivity index (χ2v) is 7.33. The molecule has 0 saturated heterocycles. The maximum absolute atomic E-state index is 14.0. The van der Waals surface area contributed by atoms with Crippen LogP contribution in [0.25, 0.3) is 0 Å². The molecule has 0 fully saturated rings. The van der Waals surface area contributed by atoms with Crippen LogP contribution in [0.4, 0.5) is 10.1 Å². The molecule has 1 atom stereocenters. The molecule has 0 unspecified atom stereocenters. The van der Waals surface area contributed by atoms with Crippen molar-refractivity contribution in [1.82, 2.24) is 9.97 Å². The van der Waals surface area contributed by atoms with E-state index in [0.29, 0.717) is 23.0 Å². The van der Waals surface area contributed by atoms with E-state index in [9.17, 15) is 9.18 Å². The number of nitrogens with two attached hydrogens (primary N) is 1. The van der Waals surface area contributed by atoms with Crippen molar-refractivity contribution >= 4 is 28.5 Å². The van der Waals surface area contributed by atoms with Crippen molar-refractivity contribution in [2.24, 2.45) is 10.7 Å². The number of amidine groups is 1. The Bertz CT molecular complexity index is 949. The summed E-state index contributed by atoms with van der Waals surface area (Å²) in [5.74, 6) is -1.22. The molecule has 140 valence electrons. The minimum atomic E-state index is -0.772. The number of carbonyl (C=O) groups excluding carboxylic acids is 1. The van der Waals surface area contributed by atoms with Crippen LogP contribution in [0.2, 0.25) is 0 Å². The molecule has 0 aliphatic carbocycles. The highest BCUT2D eigenvalue weighted by atomic mass is 32.2. The zero-order valence-electron chi connectivity index (χ0n) is 14.8. The van der Waals surface area contributed by atoms with Crippen molar-refractivity contribution in [3.63, 3.8) is 0 Å². The SMILES string of the molecule is C=C1C[C@@](C)(c2cc(NC(=O)c3ncc(OC)cc3F)ccn2)N=C(N)S1. The molecule has 27 heavy (non-hydrogen) atoms. The Morgan fingerprint density at radius 2 is 2.22 bits per heavy atom. The van der Waals surface area contributed by atoms with Crippen LogP contribution < -0.4 is 15.8 Å². The smallest absolute Gasteiger partial charge is 0.277 e. The number of halogens is 1. The van der Waals surface area contributed by atoms with Gasteiger partial charge in [0.2, 0.25) is 0 Å². The van der Waals surface area contributed by atoms with Crippen LogP contribution in [0.15, 0.2) is 47.1 Å². The van der Waals surface area contributed by atoms with Gasteiger partial charge in [-0.2, -0.15) is 0 Å². The molecular weight excluding hydrogens is 369 g/mol. The van der Waals surface area contributed by atoms with Crippen molar-refractivity contribution in [2.45, 2.75) is 18.9 Å². The molecule has 3 rings (SSSR count). The molecule has 0 bridgehead atoms. The lowest BCUT2D eigenvalue weighted by Gasteiger charge is -2.30. The Morgan fingerprint density at radius 1 is 1.44 bits per heavy atom. The number of aromatic nitrogens is 2. The number of aliphatic imine (C=N–C) groups is 1. The fraction of sp³-hybridized carbons (Fsp3) is 0.222. The average Bonchev–Trinajstić information content (AvgIpc) is 2.60. The summed E-state index contributed by atoms with van der Waals surface area (Å²) in [5.41, 5.74) is 5.92. The number of methoxy groups -OCH3 is 1. The van der Waals surface area contributed by atoms with Crippen LogP contribution in [-0.4, -0.2) is 28.2 Å². The van der Waals surface area contributed by atoms with Crippen molar-refractivity contribution in [3.8, 4) is 5.75 Å². The third-order valence-corrected chi connectivity index (χ3v) is 4.72. The van der Waals surface area contributed by atoms with E-state index >= 15 is 0 Å². The van der Waals surface area contributed by atoms with Gasteiger partial charge in [0, 0.05) is 24.4 Å². The van der Waals surface area contributed by atoms with E-state index in [4.69, 9.17) is 10.5 Å². The number of pyridine rings is 2. The first-order chi connectivity index (χ1) is 12.8. The molecule has 2 aromatic rings. The quantitative estimate of drug-likeness (QED) is 0.836. The lowest BCUT2D eigenvalue weighted by Crippen LogP contribution is -2.29. The Morgan fingerprint density at radius 3 is 2.89 bits per heavy atom. The van der Waals surface area contributed by atoms with Gasteiger partial charge in [0.25, 0.3) is 5.91 Å². The summed E-state index contributed by atoms with van der Waals surface area (Å²) < 4.78 is 18.9. The predicted octanol–water partition coefficient (Wildman–Crippen LogP) is 3.06. The standard InChI is InChI=1S/C18H18FN5O2S/c1-10-8-18(2,24-17(20)27-10)14-6-11(4-5-21-14)23-16(25)15-13(19)7-12(26-3)9-22-15/h4-7,9H,1,8H2,2-3H3,(H2,20,24)(H,21,23,25)/t18-/m0/s1. The van der Waals surface area contributed by atoms with Crippen LogP contribution in [0.1, 0.15) is 29.5 Å². The molecule has 0 aromatic carbocycles. The minimum absolute atomic E-state index is 0.231. The van der Waals surface area contributed by atoms with E-state index in [1.807, 2.05) is 6.92 Å².